The van der Waals surface area contributed by atoms with Crippen molar-refractivity contribution in [3.05, 3.63) is 93.9 Å². The number of benzene rings is 2. The van der Waals surface area contributed by atoms with Gasteiger partial charge in [0.05, 0.1) is 5.69 Å². The van der Waals surface area contributed by atoms with E-state index in [2.05, 4.69) is 54.9 Å². The van der Waals surface area contributed by atoms with Crippen LogP contribution in [0.5, 0.6) is 0 Å². The van der Waals surface area contributed by atoms with Crippen molar-refractivity contribution in [1.82, 2.24) is 4.57 Å². The summed E-state index contributed by atoms with van der Waals surface area (Å²) in [5.41, 5.74) is 7.41. The Kier molecular flexibility index (Phi) is 4.88. The topological polar surface area (TPSA) is 34.0 Å². The highest BCUT2D eigenvalue weighted by Crippen LogP contribution is 2.35. The molecule has 0 aliphatic carbocycles. The van der Waals surface area contributed by atoms with Crippen LogP contribution in [0.4, 0.5) is 5.69 Å². The highest BCUT2D eigenvalue weighted by atomic mass is 32.1. The molecule has 28 heavy (non-hydrogen) atoms. The monoisotopic (exact) mass is 386 g/mol. The number of hydrogen-bond acceptors (Lipinski definition) is 2. The third-order valence-electron chi connectivity index (χ3n) is 5.05. The molecule has 1 N–H and O–H groups in total. The van der Waals surface area contributed by atoms with Gasteiger partial charge < -0.3 is 9.88 Å². The Morgan fingerprint density at radius 3 is 2.36 bits per heavy atom. The highest BCUT2D eigenvalue weighted by Gasteiger charge is 2.21. The molecule has 0 fully saturated rings. The third-order valence-corrected chi connectivity index (χ3v) is 6.02. The standard InChI is InChI=1S/C24H22N2OS/c1-16-9-11-19(12-10-16)20-15-28-23(22(20)26-13-4-5-14-26)24(27)25-21-8-6-7-17(2)18(21)3/h4-15H,1-3H3,(H,25,27). The first kappa shape index (κ1) is 18.3. The van der Waals surface area contributed by atoms with E-state index in [0.29, 0.717) is 4.88 Å². The second kappa shape index (κ2) is 7.49. The van der Waals surface area contributed by atoms with E-state index in [1.165, 1.54) is 16.9 Å². The van der Waals surface area contributed by atoms with Crippen molar-refractivity contribution in [3.8, 4) is 16.8 Å². The molecule has 2 aromatic heterocycles. The number of aromatic nitrogens is 1. The van der Waals surface area contributed by atoms with Gasteiger partial charge >= 0.3 is 0 Å². The first-order valence-corrected chi connectivity index (χ1v) is 10.1. The van der Waals surface area contributed by atoms with Crippen LogP contribution >= 0.6 is 11.3 Å². The molecule has 0 radical (unpaired) electrons. The SMILES string of the molecule is Cc1ccc(-c2csc(C(=O)Nc3cccc(C)c3C)c2-n2cccc2)cc1. The minimum absolute atomic E-state index is 0.0826. The lowest BCUT2D eigenvalue weighted by molar-refractivity contribution is 0.103. The fourth-order valence-electron chi connectivity index (χ4n) is 3.26. The molecule has 0 unspecified atom stereocenters. The second-order valence-electron chi connectivity index (χ2n) is 6.99. The molecule has 3 nitrogen and oxygen atoms in total. The number of anilines is 1. The number of hydrogen-bond donors (Lipinski definition) is 1. The van der Waals surface area contributed by atoms with Crippen molar-refractivity contribution in [2.75, 3.05) is 5.32 Å². The molecule has 4 heteroatoms. The average Bonchev–Trinajstić information content (AvgIpc) is 3.35. The van der Waals surface area contributed by atoms with E-state index in [-0.39, 0.29) is 5.91 Å². The zero-order valence-corrected chi connectivity index (χ0v) is 17.0. The fourth-order valence-corrected chi connectivity index (χ4v) is 4.22. The first-order chi connectivity index (χ1) is 13.5. The first-order valence-electron chi connectivity index (χ1n) is 9.24. The third kappa shape index (κ3) is 3.39. The van der Waals surface area contributed by atoms with E-state index in [9.17, 15) is 4.79 Å². The number of carbonyl (C=O) groups is 1. The molecule has 0 bridgehead atoms. The van der Waals surface area contributed by atoms with Crippen LogP contribution in [0.3, 0.4) is 0 Å². The molecule has 2 heterocycles. The molecule has 0 saturated heterocycles. The van der Waals surface area contributed by atoms with Gasteiger partial charge in [0, 0.05) is 29.0 Å². The van der Waals surface area contributed by atoms with Gasteiger partial charge in [0.2, 0.25) is 0 Å². The van der Waals surface area contributed by atoms with E-state index in [4.69, 9.17) is 0 Å². The molecule has 4 rings (SSSR count). The van der Waals surface area contributed by atoms with Gasteiger partial charge in [-0.3, -0.25) is 4.79 Å². The van der Waals surface area contributed by atoms with Gasteiger partial charge in [-0.2, -0.15) is 0 Å². The van der Waals surface area contributed by atoms with Crippen LogP contribution in [0.15, 0.2) is 72.4 Å². The van der Waals surface area contributed by atoms with Crippen molar-refractivity contribution >= 4 is 22.9 Å². The Hall–Kier alpha value is -3.11. The van der Waals surface area contributed by atoms with Gasteiger partial charge in [-0.25, -0.2) is 0 Å². The maximum Gasteiger partial charge on any atom is 0.267 e. The number of nitrogens with one attached hydrogen (secondary N) is 1. The summed E-state index contributed by atoms with van der Waals surface area (Å²) >= 11 is 1.48. The summed E-state index contributed by atoms with van der Waals surface area (Å²) in [6.45, 7) is 6.16. The Labute approximate surface area is 169 Å². The zero-order valence-electron chi connectivity index (χ0n) is 16.2. The minimum atomic E-state index is -0.0826. The minimum Gasteiger partial charge on any atom is -0.322 e. The summed E-state index contributed by atoms with van der Waals surface area (Å²) in [6.07, 6.45) is 3.96. The number of rotatable bonds is 4. The summed E-state index contributed by atoms with van der Waals surface area (Å²) in [5.74, 6) is -0.0826. The van der Waals surface area contributed by atoms with E-state index >= 15 is 0 Å². The van der Waals surface area contributed by atoms with Crippen LogP contribution in [0.2, 0.25) is 0 Å². The van der Waals surface area contributed by atoms with Crippen molar-refractivity contribution in [1.29, 1.82) is 0 Å². The van der Waals surface area contributed by atoms with Crippen LogP contribution in [0, 0.1) is 20.8 Å². The molecule has 4 aromatic rings. The van der Waals surface area contributed by atoms with Crippen molar-refractivity contribution in [3.63, 3.8) is 0 Å². The van der Waals surface area contributed by atoms with Crippen LogP contribution in [0.25, 0.3) is 16.8 Å². The van der Waals surface area contributed by atoms with Crippen molar-refractivity contribution in [2.45, 2.75) is 20.8 Å². The molecule has 1 amide bonds. The Morgan fingerprint density at radius 1 is 0.929 bits per heavy atom. The fraction of sp³-hybridized carbons (Fsp3) is 0.125. The molecular weight excluding hydrogens is 364 g/mol. The number of amides is 1. The maximum absolute atomic E-state index is 13.2. The van der Waals surface area contributed by atoms with Gasteiger partial charge in [0.25, 0.3) is 5.91 Å². The van der Waals surface area contributed by atoms with Gasteiger partial charge in [-0.1, -0.05) is 42.0 Å². The Bertz CT molecular complexity index is 1120. The summed E-state index contributed by atoms with van der Waals surface area (Å²) in [6, 6.07) is 18.3. The summed E-state index contributed by atoms with van der Waals surface area (Å²) < 4.78 is 2.02. The lowest BCUT2D eigenvalue weighted by Gasteiger charge is -2.12. The predicted octanol–water partition coefficient (Wildman–Crippen LogP) is 6.38. The van der Waals surface area contributed by atoms with Crippen molar-refractivity contribution in [2.24, 2.45) is 0 Å². The van der Waals surface area contributed by atoms with Gasteiger partial charge in [0.15, 0.2) is 0 Å². The number of aryl methyl sites for hydroxylation is 2. The molecule has 0 aliphatic heterocycles. The molecule has 2 aromatic carbocycles. The van der Waals surface area contributed by atoms with Gasteiger partial charge in [-0.05, 0) is 55.7 Å². The number of thiophene rings is 1. The normalized spacial score (nSPS) is 10.8. The number of nitrogens with zero attached hydrogens (tertiary/aromatic N) is 1. The molecule has 0 spiro atoms. The smallest absolute Gasteiger partial charge is 0.267 e. The van der Waals surface area contributed by atoms with Crippen LogP contribution in [0.1, 0.15) is 26.4 Å². The van der Waals surface area contributed by atoms with Gasteiger partial charge in [-0.15, -0.1) is 11.3 Å². The average molecular weight is 387 g/mol. The molecule has 0 aliphatic rings. The lowest BCUT2D eigenvalue weighted by atomic mass is 10.0. The quantitative estimate of drug-likeness (QED) is 0.434. The summed E-state index contributed by atoms with van der Waals surface area (Å²) in [7, 11) is 0. The van der Waals surface area contributed by atoms with E-state index < -0.39 is 0 Å². The Balaban J connectivity index is 1.78. The van der Waals surface area contributed by atoms with E-state index in [0.717, 1.165) is 33.6 Å². The molecular formula is C24H22N2OS. The number of carbonyl (C=O) groups excluding carboxylic acids is 1. The Morgan fingerprint density at radius 2 is 1.64 bits per heavy atom. The second-order valence-corrected chi connectivity index (χ2v) is 7.86. The van der Waals surface area contributed by atoms with Gasteiger partial charge in [0.1, 0.15) is 4.88 Å². The maximum atomic E-state index is 13.2. The van der Waals surface area contributed by atoms with E-state index in [1.807, 2.05) is 48.1 Å². The summed E-state index contributed by atoms with van der Waals surface area (Å²) in [4.78, 5) is 13.9. The zero-order chi connectivity index (χ0) is 19.7. The largest absolute Gasteiger partial charge is 0.322 e. The molecule has 0 atom stereocenters. The molecule has 140 valence electrons. The van der Waals surface area contributed by atoms with E-state index in [1.54, 1.807) is 0 Å². The van der Waals surface area contributed by atoms with Crippen LogP contribution in [-0.2, 0) is 0 Å². The summed E-state index contributed by atoms with van der Waals surface area (Å²) in [5, 5.41) is 5.17. The highest BCUT2D eigenvalue weighted by molar-refractivity contribution is 7.13. The van der Waals surface area contributed by atoms with Crippen LogP contribution in [-0.4, -0.2) is 10.5 Å². The van der Waals surface area contributed by atoms with Crippen molar-refractivity contribution < 1.29 is 4.79 Å². The predicted molar refractivity (Wildman–Crippen MR) is 118 cm³/mol. The lowest BCUT2D eigenvalue weighted by Crippen LogP contribution is -2.14. The molecule has 0 saturated carbocycles. The van der Waals surface area contributed by atoms with Crippen LogP contribution < -0.4 is 5.32 Å².